The molecular formula is C14H17NO2S. The first-order valence-corrected chi connectivity index (χ1v) is 6.85. The molecule has 0 unspecified atom stereocenters. The molecule has 0 aliphatic heterocycles. The molecule has 3 nitrogen and oxygen atoms in total. The van der Waals surface area contributed by atoms with Gasteiger partial charge < -0.3 is 9.32 Å². The molecule has 0 saturated heterocycles. The Hall–Kier alpha value is -1.55. The minimum atomic E-state index is 0.0639. The van der Waals surface area contributed by atoms with Gasteiger partial charge in [-0.25, -0.2) is 0 Å². The van der Waals surface area contributed by atoms with E-state index in [0.717, 1.165) is 16.4 Å². The van der Waals surface area contributed by atoms with Crippen molar-refractivity contribution in [1.82, 2.24) is 4.90 Å². The summed E-state index contributed by atoms with van der Waals surface area (Å²) < 4.78 is 5.54. The van der Waals surface area contributed by atoms with Crippen LogP contribution in [0.1, 0.15) is 35.0 Å². The lowest BCUT2D eigenvalue weighted by Gasteiger charge is -2.25. The van der Waals surface area contributed by atoms with Crippen LogP contribution in [0, 0.1) is 6.92 Å². The Morgan fingerprint density at radius 3 is 2.67 bits per heavy atom. The van der Waals surface area contributed by atoms with Gasteiger partial charge in [-0.15, -0.1) is 11.3 Å². The summed E-state index contributed by atoms with van der Waals surface area (Å²) in [5.41, 5.74) is 0. The Bertz CT molecular complexity index is 514. The second-order valence-electron chi connectivity index (χ2n) is 4.52. The molecule has 0 saturated carbocycles. The third-order valence-electron chi connectivity index (χ3n) is 2.74. The molecular weight excluding hydrogens is 246 g/mol. The van der Waals surface area contributed by atoms with Gasteiger partial charge in [0.25, 0.3) is 5.91 Å². The molecule has 2 aromatic rings. The average Bonchev–Trinajstić information content (AvgIpc) is 2.95. The Morgan fingerprint density at radius 1 is 1.39 bits per heavy atom. The van der Waals surface area contributed by atoms with Crippen LogP contribution in [0.3, 0.4) is 0 Å². The van der Waals surface area contributed by atoms with Crippen LogP contribution in [0.15, 0.2) is 34.1 Å². The maximum absolute atomic E-state index is 12.4. The molecule has 0 spiro atoms. The van der Waals surface area contributed by atoms with Crippen molar-refractivity contribution in [3.63, 3.8) is 0 Å². The summed E-state index contributed by atoms with van der Waals surface area (Å²) >= 11 is 1.47. The lowest BCUT2D eigenvalue weighted by molar-refractivity contribution is 0.0680. The van der Waals surface area contributed by atoms with Crippen molar-refractivity contribution in [1.29, 1.82) is 0 Å². The van der Waals surface area contributed by atoms with Crippen molar-refractivity contribution >= 4 is 17.2 Å². The van der Waals surface area contributed by atoms with Crippen LogP contribution in [0.25, 0.3) is 0 Å². The van der Waals surface area contributed by atoms with Gasteiger partial charge in [-0.1, -0.05) is 6.07 Å². The summed E-state index contributed by atoms with van der Waals surface area (Å²) in [6.07, 6.45) is 0. The van der Waals surface area contributed by atoms with Gasteiger partial charge in [-0.2, -0.15) is 0 Å². The van der Waals surface area contributed by atoms with Crippen molar-refractivity contribution in [2.75, 3.05) is 0 Å². The molecule has 0 aliphatic carbocycles. The van der Waals surface area contributed by atoms with E-state index in [0.29, 0.717) is 6.54 Å². The topological polar surface area (TPSA) is 33.5 Å². The second kappa shape index (κ2) is 5.40. The fourth-order valence-corrected chi connectivity index (χ4v) is 2.45. The Kier molecular flexibility index (Phi) is 3.87. The number of thiophene rings is 1. The number of aryl methyl sites for hydroxylation is 1. The van der Waals surface area contributed by atoms with Crippen LogP contribution in [-0.4, -0.2) is 16.8 Å². The van der Waals surface area contributed by atoms with Crippen LogP contribution < -0.4 is 0 Å². The van der Waals surface area contributed by atoms with Gasteiger partial charge in [0.05, 0.1) is 11.4 Å². The SMILES string of the molecule is Cc1ccc(CN(C(=O)c2cccs2)C(C)C)o1. The number of hydrogen-bond donors (Lipinski definition) is 0. The predicted molar refractivity (Wildman–Crippen MR) is 72.8 cm³/mol. The lowest BCUT2D eigenvalue weighted by atomic mass is 10.2. The van der Waals surface area contributed by atoms with Crippen molar-refractivity contribution < 1.29 is 9.21 Å². The van der Waals surface area contributed by atoms with Gasteiger partial charge in [0.1, 0.15) is 11.5 Å². The van der Waals surface area contributed by atoms with Gasteiger partial charge in [-0.3, -0.25) is 4.79 Å². The highest BCUT2D eigenvalue weighted by Gasteiger charge is 2.20. The van der Waals surface area contributed by atoms with Crippen LogP contribution in [0.4, 0.5) is 0 Å². The minimum absolute atomic E-state index is 0.0639. The molecule has 96 valence electrons. The van der Waals surface area contributed by atoms with E-state index in [1.807, 2.05) is 55.3 Å². The highest BCUT2D eigenvalue weighted by molar-refractivity contribution is 7.12. The molecule has 4 heteroatoms. The minimum Gasteiger partial charge on any atom is -0.464 e. The van der Waals surface area contributed by atoms with Crippen LogP contribution in [0.2, 0.25) is 0 Å². The summed E-state index contributed by atoms with van der Waals surface area (Å²) in [5, 5.41) is 1.92. The largest absolute Gasteiger partial charge is 0.464 e. The van der Waals surface area contributed by atoms with E-state index >= 15 is 0 Å². The van der Waals surface area contributed by atoms with E-state index in [1.54, 1.807) is 0 Å². The highest BCUT2D eigenvalue weighted by atomic mass is 32.1. The predicted octanol–water partition coefficient (Wildman–Crippen LogP) is 3.70. The van der Waals surface area contributed by atoms with Gasteiger partial charge in [0.2, 0.25) is 0 Å². The molecule has 0 fully saturated rings. The first-order chi connectivity index (χ1) is 8.58. The van der Waals surface area contributed by atoms with E-state index in [9.17, 15) is 4.79 Å². The molecule has 1 amide bonds. The summed E-state index contributed by atoms with van der Waals surface area (Å²) in [4.78, 5) is 14.9. The maximum Gasteiger partial charge on any atom is 0.264 e. The van der Waals surface area contributed by atoms with E-state index in [4.69, 9.17) is 4.42 Å². The third kappa shape index (κ3) is 2.82. The van der Waals surface area contributed by atoms with Crippen molar-refractivity contribution in [2.45, 2.75) is 33.4 Å². The number of carbonyl (C=O) groups excluding carboxylic acids is 1. The Balaban J connectivity index is 2.16. The second-order valence-corrected chi connectivity index (χ2v) is 5.46. The smallest absolute Gasteiger partial charge is 0.264 e. The van der Waals surface area contributed by atoms with Gasteiger partial charge in [0.15, 0.2) is 0 Å². The number of nitrogens with zero attached hydrogens (tertiary/aromatic N) is 1. The van der Waals surface area contributed by atoms with Crippen molar-refractivity contribution in [2.24, 2.45) is 0 Å². The van der Waals surface area contributed by atoms with E-state index < -0.39 is 0 Å². The first-order valence-electron chi connectivity index (χ1n) is 5.97. The summed E-state index contributed by atoms with van der Waals surface area (Å²) in [7, 11) is 0. The van der Waals surface area contributed by atoms with Crippen LogP contribution in [-0.2, 0) is 6.54 Å². The van der Waals surface area contributed by atoms with E-state index in [2.05, 4.69) is 0 Å². The monoisotopic (exact) mass is 263 g/mol. The highest BCUT2D eigenvalue weighted by Crippen LogP contribution is 2.18. The summed E-state index contributed by atoms with van der Waals surface area (Å²) in [6.45, 7) is 6.45. The number of furan rings is 1. The van der Waals surface area contributed by atoms with Crippen LogP contribution >= 0.6 is 11.3 Å². The Morgan fingerprint density at radius 2 is 2.17 bits per heavy atom. The molecule has 18 heavy (non-hydrogen) atoms. The molecule has 0 aromatic carbocycles. The molecule has 0 N–H and O–H groups in total. The van der Waals surface area contributed by atoms with E-state index in [-0.39, 0.29) is 11.9 Å². The molecule has 0 aliphatic rings. The first kappa shape index (κ1) is 12.9. The van der Waals surface area contributed by atoms with Crippen LogP contribution in [0.5, 0.6) is 0 Å². The molecule has 2 heterocycles. The quantitative estimate of drug-likeness (QED) is 0.842. The zero-order valence-electron chi connectivity index (χ0n) is 10.8. The average molecular weight is 263 g/mol. The molecule has 2 rings (SSSR count). The maximum atomic E-state index is 12.4. The molecule has 0 bridgehead atoms. The van der Waals surface area contributed by atoms with Gasteiger partial charge >= 0.3 is 0 Å². The Labute approximate surface area is 111 Å². The zero-order valence-corrected chi connectivity index (χ0v) is 11.7. The normalized spacial score (nSPS) is 10.9. The van der Waals surface area contributed by atoms with Crippen molar-refractivity contribution in [3.8, 4) is 0 Å². The van der Waals surface area contributed by atoms with Crippen molar-refractivity contribution in [3.05, 3.63) is 46.0 Å². The fourth-order valence-electron chi connectivity index (χ4n) is 1.77. The summed E-state index contributed by atoms with van der Waals surface area (Å²) in [5.74, 6) is 1.76. The molecule has 2 aromatic heterocycles. The fraction of sp³-hybridized carbons (Fsp3) is 0.357. The number of rotatable bonds is 4. The molecule has 0 radical (unpaired) electrons. The lowest BCUT2D eigenvalue weighted by Crippen LogP contribution is -2.35. The third-order valence-corrected chi connectivity index (χ3v) is 3.60. The van der Waals surface area contributed by atoms with E-state index in [1.165, 1.54) is 11.3 Å². The molecule has 0 atom stereocenters. The summed E-state index contributed by atoms with van der Waals surface area (Å²) in [6, 6.07) is 7.74. The number of amides is 1. The standard InChI is InChI=1S/C14H17NO2S/c1-10(2)15(9-12-7-6-11(3)17-12)14(16)13-5-4-8-18-13/h4-8,10H,9H2,1-3H3. The van der Waals surface area contributed by atoms with Gasteiger partial charge in [-0.05, 0) is 44.4 Å². The number of hydrogen-bond acceptors (Lipinski definition) is 3. The zero-order chi connectivity index (χ0) is 13.1. The number of carbonyl (C=O) groups is 1. The van der Waals surface area contributed by atoms with Gasteiger partial charge in [0, 0.05) is 6.04 Å².